The van der Waals surface area contributed by atoms with Gasteiger partial charge in [0.15, 0.2) is 0 Å². The van der Waals surface area contributed by atoms with Crippen LogP contribution in [0.25, 0.3) is 20.2 Å². The third kappa shape index (κ3) is 5.29. The van der Waals surface area contributed by atoms with E-state index in [0.717, 1.165) is 31.3 Å². The van der Waals surface area contributed by atoms with Crippen LogP contribution in [0.2, 0.25) is 10.0 Å². The molecular formula is C31H20Cl2N2O2S2. The van der Waals surface area contributed by atoms with Crippen LogP contribution in [0, 0.1) is 0 Å². The molecule has 8 heteroatoms. The van der Waals surface area contributed by atoms with E-state index < -0.39 is 0 Å². The molecule has 0 saturated heterocycles. The second-order valence-corrected chi connectivity index (χ2v) is 11.8. The molecular weight excluding hydrogens is 567 g/mol. The summed E-state index contributed by atoms with van der Waals surface area (Å²) >= 11 is 15.7. The molecule has 2 heterocycles. The molecule has 0 unspecified atom stereocenters. The predicted octanol–water partition coefficient (Wildman–Crippen LogP) is 9.52. The normalized spacial score (nSPS) is 11.1. The van der Waals surface area contributed by atoms with Crippen LogP contribution in [0.4, 0.5) is 11.4 Å². The molecule has 6 aromatic rings. The quantitative estimate of drug-likeness (QED) is 0.204. The average Bonchev–Trinajstić information content (AvgIpc) is 3.48. The number of anilines is 2. The lowest BCUT2D eigenvalue weighted by atomic mass is 10.0. The van der Waals surface area contributed by atoms with Crippen molar-refractivity contribution in [3.05, 3.63) is 128 Å². The minimum atomic E-state index is -0.219. The van der Waals surface area contributed by atoms with Crippen molar-refractivity contribution in [2.75, 3.05) is 10.6 Å². The molecule has 4 nitrogen and oxygen atoms in total. The van der Waals surface area contributed by atoms with E-state index in [1.165, 1.54) is 22.7 Å². The number of amides is 2. The minimum absolute atomic E-state index is 0.219. The Kier molecular flexibility index (Phi) is 7.11. The summed E-state index contributed by atoms with van der Waals surface area (Å²) in [5.41, 5.74) is 3.61. The van der Waals surface area contributed by atoms with Crippen molar-refractivity contribution in [1.82, 2.24) is 0 Å². The summed E-state index contributed by atoms with van der Waals surface area (Å²) in [5, 5.41) is 8.62. The summed E-state index contributed by atoms with van der Waals surface area (Å²) in [7, 11) is 0. The largest absolute Gasteiger partial charge is 0.321 e. The number of hydrogen-bond donors (Lipinski definition) is 2. The fourth-order valence-electron chi connectivity index (χ4n) is 4.34. The molecule has 0 atom stereocenters. The molecule has 0 aliphatic heterocycles. The molecule has 0 bridgehead atoms. The summed E-state index contributed by atoms with van der Waals surface area (Å²) in [4.78, 5) is 26.7. The number of carbonyl (C=O) groups is 2. The summed E-state index contributed by atoms with van der Waals surface area (Å²) < 4.78 is 1.97. The van der Waals surface area contributed by atoms with E-state index in [9.17, 15) is 9.59 Å². The number of rotatable bonds is 6. The van der Waals surface area contributed by atoms with Crippen molar-refractivity contribution in [2.24, 2.45) is 0 Å². The van der Waals surface area contributed by atoms with Crippen LogP contribution in [0.15, 0.2) is 97.1 Å². The van der Waals surface area contributed by atoms with Crippen LogP contribution in [0.5, 0.6) is 0 Å². The summed E-state index contributed by atoms with van der Waals surface area (Å²) in [6.45, 7) is 0. The first-order valence-corrected chi connectivity index (χ1v) is 14.5. The topological polar surface area (TPSA) is 58.2 Å². The zero-order chi connectivity index (χ0) is 26.9. The Labute approximate surface area is 242 Å². The van der Waals surface area contributed by atoms with Gasteiger partial charge in [0, 0.05) is 31.5 Å². The van der Waals surface area contributed by atoms with Crippen LogP contribution >= 0.6 is 45.9 Å². The first-order valence-electron chi connectivity index (χ1n) is 12.1. The van der Waals surface area contributed by atoms with Crippen LogP contribution in [0.3, 0.4) is 0 Å². The number of halogens is 2. The Bertz CT molecular complexity index is 1710. The van der Waals surface area contributed by atoms with E-state index in [1.807, 2.05) is 97.1 Å². The van der Waals surface area contributed by atoms with Crippen molar-refractivity contribution < 1.29 is 9.59 Å². The van der Waals surface area contributed by atoms with E-state index in [1.54, 1.807) is 0 Å². The highest BCUT2D eigenvalue weighted by Gasteiger charge is 2.18. The van der Waals surface area contributed by atoms with Crippen LogP contribution < -0.4 is 10.6 Å². The maximum Gasteiger partial charge on any atom is 0.267 e. The highest BCUT2D eigenvalue weighted by molar-refractivity contribution is 7.22. The molecule has 0 aliphatic carbocycles. The number of hydrogen-bond acceptors (Lipinski definition) is 4. The van der Waals surface area contributed by atoms with E-state index in [4.69, 9.17) is 23.2 Å². The van der Waals surface area contributed by atoms with Gasteiger partial charge in [0.1, 0.15) is 9.75 Å². The predicted molar refractivity (Wildman–Crippen MR) is 165 cm³/mol. The lowest BCUT2D eigenvalue weighted by Gasteiger charge is -2.08. The summed E-state index contributed by atoms with van der Waals surface area (Å²) in [6.07, 6.45) is 0.715. The fourth-order valence-corrected chi connectivity index (χ4v) is 7.17. The van der Waals surface area contributed by atoms with E-state index in [-0.39, 0.29) is 11.8 Å². The summed E-state index contributed by atoms with van der Waals surface area (Å²) in [5.74, 6) is -0.438. The monoisotopic (exact) mass is 586 g/mol. The van der Waals surface area contributed by atoms with Gasteiger partial charge in [0.25, 0.3) is 11.8 Å². The number of benzene rings is 4. The third-order valence-electron chi connectivity index (χ3n) is 6.31. The lowest BCUT2D eigenvalue weighted by Crippen LogP contribution is -2.10. The van der Waals surface area contributed by atoms with Gasteiger partial charge in [0.2, 0.25) is 0 Å². The molecule has 0 spiro atoms. The first-order chi connectivity index (χ1) is 19.0. The Morgan fingerprint density at radius 2 is 0.949 bits per heavy atom. The molecule has 0 saturated carbocycles. The van der Waals surface area contributed by atoms with Crippen LogP contribution in [0.1, 0.15) is 30.5 Å². The third-order valence-corrected chi connectivity index (χ3v) is 9.66. The minimum Gasteiger partial charge on any atom is -0.321 e. The summed E-state index contributed by atoms with van der Waals surface area (Å²) in [6, 6.07) is 30.9. The van der Waals surface area contributed by atoms with Gasteiger partial charge in [0.05, 0.1) is 10.0 Å². The first kappa shape index (κ1) is 25.6. The molecule has 2 amide bonds. The SMILES string of the molecule is O=C(Nc1ccc(Cc2ccc(NC(=O)c3sc4ccccc4c3Cl)cc2)cc1)c1sc2ccccc2c1Cl. The Hall–Kier alpha value is -3.68. The van der Waals surface area contributed by atoms with Crippen LogP contribution in [-0.2, 0) is 6.42 Å². The molecule has 192 valence electrons. The molecule has 0 fully saturated rings. The second kappa shape index (κ2) is 10.8. The molecule has 6 rings (SSSR count). The van der Waals surface area contributed by atoms with E-state index >= 15 is 0 Å². The Morgan fingerprint density at radius 3 is 1.33 bits per heavy atom. The second-order valence-electron chi connectivity index (χ2n) is 8.96. The smallest absolute Gasteiger partial charge is 0.267 e. The zero-order valence-electron chi connectivity index (χ0n) is 20.3. The van der Waals surface area contributed by atoms with E-state index in [2.05, 4.69) is 10.6 Å². The standard InChI is InChI=1S/C31H20Cl2N2O2S2/c32-26-22-5-1-3-7-24(22)38-28(26)30(36)34-20-13-9-18(10-14-20)17-19-11-15-21(16-12-19)35-31(37)29-27(33)23-6-2-4-8-25(23)39-29/h1-16H,17H2,(H,34,36)(H,35,37). The maximum absolute atomic E-state index is 12.8. The van der Waals surface area contributed by atoms with Crippen molar-refractivity contribution >= 4 is 89.2 Å². The molecule has 2 N–H and O–H groups in total. The number of carbonyl (C=O) groups excluding carboxylic acids is 2. The number of thiophene rings is 2. The molecule has 39 heavy (non-hydrogen) atoms. The van der Waals surface area contributed by atoms with Gasteiger partial charge in [-0.05, 0) is 53.9 Å². The van der Waals surface area contributed by atoms with Crippen molar-refractivity contribution in [3.8, 4) is 0 Å². The van der Waals surface area contributed by atoms with Gasteiger partial charge in [-0.2, -0.15) is 0 Å². The van der Waals surface area contributed by atoms with Crippen molar-refractivity contribution in [1.29, 1.82) is 0 Å². The molecule has 2 aromatic heterocycles. The van der Waals surface area contributed by atoms with Gasteiger partial charge in [-0.3, -0.25) is 9.59 Å². The number of nitrogens with one attached hydrogen (secondary N) is 2. The lowest BCUT2D eigenvalue weighted by molar-refractivity contribution is 0.102. The Balaban J connectivity index is 1.08. The highest BCUT2D eigenvalue weighted by Crippen LogP contribution is 2.36. The zero-order valence-corrected chi connectivity index (χ0v) is 23.5. The van der Waals surface area contributed by atoms with Gasteiger partial charge >= 0.3 is 0 Å². The molecule has 0 aliphatic rings. The Morgan fingerprint density at radius 1 is 0.564 bits per heavy atom. The number of fused-ring (bicyclic) bond motifs is 2. The van der Waals surface area contributed by atoms with Crippen molar-refractivity contribution in [2.45, 2.75) is 6.42 Å². The van der Waals surface area contributed by atoms with Gasteiger partial charge in [-0.15, -0.1) is 22.7 Å². The highest BCUT2D eigenvalue weighted by atomic mass is 35.5. The molecule has 0 radical (unpaired) electrons. The van der Waals surface area contributed by atoms with E-state index in [0.29, 0.717) is 37.6 Å². The van der Waals surface area contributed by atoms with Crippen LogP contribution in [-0.4, -0.2) is 11.8 Å². The molecule has 4 aromatic carbocycles. The van der Waals surface area contributed by atoms with Gasteiger partial charge < -0.3 is 10.6 Å². The maximum atomic E-state index is 12.8. The fraction of sp³-hybridized carbons (Fsp3) is 0.0323. The average molecular weight is 588 g/mol. The van der Waals surface area contributed by atoms with Crippen molar-refractivity contribution in [3.63, 3.8) is 0 Å². The van der Waals surface area contributed by atoms with Gasteiger partial charge in [-0.1, -0.05) is 83.9 Å². The van der Waals surface area contributed by atoms with Gasteiger partial charge in [-0.25, -0.2) is 0 Å².